The molecule has 0 aliphatic carbocycles. The first-order chi connectivity index (χ1) is 8.91. The second kappa shape index (κ2) is 4.85. The smallest absolute Gasteiger partial charge is 0.310 e. The Morgan fingerprint density at radius 2 is 2.26 bits per heavy atom. The number of carbonyl (C=O) groups excluding carboxylic acids is 1. The van der Waals surface area contributed by atoms with E-state index >= 15 is 0 Å². The van der Waals surface area contributed by atoms with E-state index in [4.69, 9.17) is 4.74 Å². The fourth-order valence-corrected chi connectivity index (χ4v) is 1.77. The Bertz CT molecular complexity index is 525. The van der Waals surface area contributed by atoms with E-state index in [0.717, 1.165) is 12.1 Å². The number of hydrogen-bond acceptors (Lipinski definition) is 5. The van der Waals surface area contributed by atoms with Gasteiger partial charge in [0.05, 0.1) is 18.1 Å². The van der Waals surface area contributed by atoms with Gasteiger partial charge in [0.25, 0.3) is 5.91 Å². The molecule has 0 aromatic heterocycles. The lowest BCUT2D eigenvalue weighted by atomic mass is 9.88. The molecule has 0 saturated carbocycles. The van der Waals surface area contributed by atoms with Crippen LogP contribution < -0.4 is 5.32 Å². The van der Waals surface area contributed by atoms with Gasteiger partial charge in [0, 0.05) is 23.6 Å². The van der Waals surface area contributed by atoms with Gasteiger partial charge in [-0.15, -0.1) is 0 Å². The van der Waals surface area contributed by atoms with Gasteiger partial charge < -0.3 is 15.2 Å². The average Bonchev–Trinajstić information content (AvgIpc) is 2.33. The predicted molar refractivity (Wildman–Crippen MR) is 66.0 cm³/mol. The maximum atomic E-state index is 11.8. The minimum Gasteiger partial charge on any atom is -0.502 e. The Morgan fingerprint density at radius 1 is 1.58 bits per heavy atom. The molecule has 0 radical (unpaired) electrons. The monoisotopic (exact) mass is 266 g/mol. The number of phenolic OH excluding ortho intramolecular Hbond substituents is 1. The molecule has 1 heterocycles. The molecule has 1 aliphatic rings. The number of nitrogens with zero attached hydrogens (tertiary/aromatic N) is 1. The molecule has 7 heteroatoms. The van der Waals surface area contributed by atoms with Gasteiger partial charge in [-0.2, -0.15) is 0 Å². The summed E-state index contributed by atoms with van der Waals surface area (Å²) >= 11 is 0. The van der Waals surface area contributed by atoms with Crippen LogP contribution in [0.15, 0.2) is 18.2 Å². The topological polar surface area (TPSA) is 102 Å². The highest BCUT2D eigenvalue weighted by Gasteiger charge is 2.33. The summed E-state index contributed by atoms with van der Waals surface area (Å²) in [5.74, 6) is -0.894. The van der Waals surface area contributed by atoms with E-state index < -0.39 is 16.4 Å². The molecule has 102 valence electrons. The molecule has 1 amide bonds. The maximum absolute atomic E-state index is 11.8. The summed E-state index contributed by atoms with van der Waals surface area (Å²) in [4.78, 5) is 21.7. The predicted octanol–water partition coefficient (Wildman–Crippen LogP) is 1.07. The molecule has 0 unspecified atom stereocenters. The van der Waals surface area contributed by atoms with E-state index in [1.807, 2.05) is 6.92 Å². The maximum Gasteiger partial charge on any atom is 0.310 e. The zero-order valence-corrected chi connectivity index (χ0v) is 10.4. The van der Waals surface area contributed by atoms with Gasteiger partial charge in [0.1, 0.15) is 0 Å². The number of ether oxygens (including phenoxy) is 1. The third-order valence-electron chi connectivity index (χ3n) is 3.01. The molecule has 0 bridgehead atoms. The highest BCUT2D eigenvalue weighted by molar-refractivity contribution is 5.95. The number of phenols is 1. The van der Waals surface area contributed by atoms with Gasteiger partial charge >= 0.3 is 5.69 Å². The largest absolute Gasteiger partial charge is 0.502 e. The molecule has 1 fully saturated rings. The molecule has 19 heavy (non-hydrogen) atoms. The van der Waals surface area contributed by atoms with E-state index in [2.05, 4.69) is 5.32 Å². The van der Waals surface area contributed by atoms with Crippen molar-refractivity contribution in [3.05, 3.63) is 33.9 Å². The standard InChI is InChI=1S/C12H14N2O5/c1-12(6-19-7-12)5-13-11(16)8-2-3-9(14(17)18)10(15)4-8/h2-4,15H,5-7H2,1H3,(H,13,16). The molecule has 1 aromatic rings. The van der Waals surface area contributed by atoms with Crippen molar-refractivity contribution in [2.75, 3.05) is 19.8 Å². The summed E-state index contributed by atoms with van der Waals surface area (Å²) in [7, 11) is 0. The molecule has 2 rings (SSSR count). The van der Waals surface area contributed by atoms with E-state index in [0.29, 0.717) is 19.8 Å². The highest BCUT2D eigenvalue weighted by atomic mass is 16.6. The first kappa shape index (κ1) is 13.3. The fourth-order valence-electron chi connectivity index (χ4n) is 1.77. The van der Waals surface area contributed by atoms with E-state index in [9.17, 15) is 20.0 Å². The second-order valence-corrected chi connectivity index (χ2v) is 4.95. The number of amides is 1. The number of nitrogens with one attached hydrogen (secondary N) is 1. The minimum atomic E-state index is -0.705. The number of hydrogen-bond donors (Lipinski definition) is 2. The summed E-state index contributed by atoms with van der Waals surface area (Å²) < 4.78 is 5.07. The van der Waals surface area contributed by atoms with Gasteiger partial charge in [-0.3, -0.25) is 14.9 Å². The lowest BCUT2D eigenvalue weighted by Crippen LogP contribution is -2.48. The first-order valence-electron chi connectivity index (χ1n) is 5.75. The van der Waals surface area contributed by atoms with Crippen LogP contribution in [0.1, 0.15) is 17.3 Å². The second-order valence-electron chi connectivity index (χ2n) is 4.95. The van der Waals surface area contributed by atoms with E-state index in [1.54, 1.807) is 0 Å². The quantitative estimate of drug-likeness (QED) is 0.627. The number of nitro benzene ring substituents is 1. The normalized spacial score (nSPS) is 16.5. The molecule has 7 nitrogen and oxygen atoms in total. The fraction of sp³-hybridized carbons (Fsp3) is 0.417. The molecule has 0 atom stereocenters. The molecule has 0 spiro atoms. The molecule has 1 saturated heterocycles. The van der Waals surface area contributed by atoms with Crippen LogP contribution in [0, 0.1) is 15.5 Å². The number of carbonyl (C=O) groups is 1. The number of rotatable bonds is 4. The van der Waals surface area contributed by atoms with Crippen molar-refractivity contribution in [1.82, 2.24) is 5.32 Å². The van der Waals surface area contributed by atoms with Crippen molar-refractivity contribution in [3.63, 3.8) is 0 Å². The Hall–Kier alpha value is -2.15. The van der Waals surface area contributed by atoms with Crippen molar-refractivity contribution < 1.29 is 19.6 Å². The average molecular weight is 266 g/mol. The van der Waals surface area contributed by atoms with Gasteiger partial charge in [-0.05, 0) is 12.1 Å². The van der Waals surface area contributed by atoms with Crippen molar-refractivity contribution in [2.24, 2.45) is 5.41 Å². The van der Waals surface area contributed by atoms with Crippen LogP contribution >= 0.6 is 0 Å². The summed E-state index contributed by atoms with van der Waals surface area (Å²) in [6, 6.07) is 3.51. The summed E-state index contributed by atoms with van der Waals surface area (Å²) in [6.45, 7) is 3.64. The number of aromatic hydroxyl groups is 1. The van der Waals surface area contributed by atoms with Crippen LogP contribution in [0.3, 0.4) is 0 Å². The van der Waals surface area contributed by atoms with Gasteiger partial charge in [-0.1, -0.05) is 6.92 Å². The summed E-state index contributed by atoms with van der Waals surface area (Å²) in [6.07, 6.45) is 0. The van der Waals surface area contributed by atoms with Gasteiger partial charge in [-0.25, -0.2) is 0 Å². The van der Waals surface area contributed by atoms with Gasteiger partial charge in [0.15, 0.2) is 5.75 Å². The Labute approximate surface area is 109 Å². The first-order valence-corrected chi connectivity index (χ1v) is 5.75. The van der Waals surface area contributed by atoms with Crippen molar-refractivity contribution in [1.29, 1.82) is 0 Å². The molecule has 1 aliphatic heterocycles. The van der Waals surface area contributed by atoms with Crippen LogP contribution in [0.4, 0.5) is 5.69 Å². The number of nitro groups is 1. The Kier molecular flexibility index (Phi) is 3.39. The van der Waals surface area contributed by atoms with Crippen molar-refractivity contribution in [3.8, 4) is 5.75 Å². The zero-order valence-electron chi connectivity index (χ0n) is 10.4. The SMILES string of the molecule is CC1(CNC(=O)c2ccc([N+](=O)[O-])c(O)c2)COC1. The summed E-state index contributed by atoms with van der Waals surface area (Å²) in [5, 5.41) is 22.7. The lowest BCUT2D eigenvalue weighted by Gasteiger charge is -2.38. The van der Waals surface area contributed by atoms with Crippen molar-refractivity contribution in [2.45, 2.75) is 6.92 Å². The van der Waals surface area contributed by atoms with Crippen molar-refractivity contribution >= 4 is 11.6 Å². The Balaban J connectivity index is 2.03. The number of benzene rings is 1. The molecular weight excluding hydrogens is 252 g/mol. The summed E-state index contributed by atoms with van der Waals surface area (Å²) in [5.41, 5.74) is -0.291. The van der Waals surface area contributed by atoms with Gasteiger partial charge in [0.2, 0.25) is 0 Å². The minimum absolute atomic E-state index is 0.0571. The highest BCUT2D eigenvalue weighted by Crippen LogP contribution is 2.27. The molecular formula is C12H14N2O5. The molecule has 2 N–H and O–H groups in total. The molecule has 1 aromatic carbocycles. The van der Waals surface area contributed by atoms with Crippen LogP contribution in [0.5, 0.6) is 5.75 Å². The van der Waals surface area contributed by atoms with Crippen LogP contribution in [-0.4, -0.2) is 35.7 Å². The lowest BCUT2D eigenvalue weighted by molar-refractivity contribution is -0.385. The van der Waals surface area contributed by atoms with Crippen LogP contribution in [0.25, 0.3) is 0 Å². The van der Waals surface area contributed by atoms with E-state index in [1.165, 1.54) is 6.07 Å². The van der Waals surface area contributed by atoms with E-state index in [-0.39, 0.29) is 16.9 Å². The Morgan fingerprint density at radius 3 is 2.74 bits per heavy atom. The van der Waals surface area contributed by atoms with Crippen LogP contribution in [-0.2, 0) is 4.74 Å². The third-order valence-corrected chi connectivity index (χ3v) is 3.01. The zero-order chi connectivity index (χ0) is 14.0. The third kappa shape index (κ3) is 2.82. The van der Waals surface area contributed by atoms with Crippen LogP contribution in [0.2, 0.25) is 0 Å².